The second kappa shape index (κ2) is 5.46. The lowest BCUT2D eigenvalue weighted by atomic mass is 10.1. The first-order valence-corrected chi connectivity index (χ1v) is 6.68. The molecule has 3 aromatic rings. The Balaban J connectivity index is 0.00000147. The predicted octanol–water partition coefficient (Wildman–Crippen LogP) is 5.73. The van der Waals surface area contributed by atoms with Gasteiger partial charge in [-0.15, -0.1) is 0 Å². The number of rotatable bonds is 1. The third-order valence-corrected chi connectivity index (χ3v) is 3.58. The van der Waals surface area contributed by atoms with Crippen LogP contribution in [0.5, 0.6) is 5.75 Å². The molecular weight excluding hydrogens is 345 g/mol. The lowest BCUT2D eigenvalue weighted by Crippen LogP contribution is -1.86. The van der Waals surface area contributed by atoms with Gasteiger partial charge in [0.1, 0.15) is 11.6 Å². The van der Waals surface area contributed by atoms with Crippen LogP contribution in [0.4, 0.5) is 4.39 Å². The Labute approximate surface area is 129 Å². The predicted molar refractivity (Wildman–Crippen MR) is 84.8 cm³/mol. The number of phenols is 1. The summed E-state index contributed by atoms with van der Waals surface area (Å²) in [4.78, 5) is 3.07. The minimum absolute atomic E-state index is 0. The van der Waals surface area contributed by atoms with Crippen LogP contribution in [0, 0.1) is 5.82 Å². The van der Waals surface area contributed by atoms with E-state index < -0.39 is 5.82 Å². The highest BCUT2D eigenvalue weighted by Crippen LogP contribution is 2.35. The zero-order chi connectivity index (χ0) is 13.6. The maximum absolute atomic E-state index is 14.0. The van der Waals surface area contributed by atoms with Gasteiger partial charge in [-0.25, -0.2) is 4.39 Å². The largest absolute Gasteiger partial charge is 0.507 e. The molecular formula is C15H12BrClFNO. The molecule has 0 unspecified atom stereocenters. The lowest BCUT2D eigenvalue weighted by molar-refractivity contribution is 0.471. The molecule has 1 heterocycles. The third-order valence-electron chi connectivity index (χ3n) is 2.89. The van der Waals surface area contributed by atoms with Gasteiger partial charge < -0.3 is 10.1 Å². The first kappa shape index (κ1) is 14.9. The Morgan fingerprint density at radius 3 is 2.60 bits per heavy atom. The number of aromatic nitrogens is 1. The number of aromatic hydroxyl groups is 1. The molecule has 5 heteroatoms. The molecule has 0 atom stereocenters. The number of H-pyrrole nitrogens is 1. The van der Waals surface area contributed by atoms with E-state index in [1.807, 2.05) is 6.07 Å². The monoisotopic (exact) mass is 355 g/mol. The number of fused-ring (bicyclic) bond motifs is 1. The number of hydrogen-bond donors (Lipinski definition) is 2. The van der Waals surface area contributed by atoms with Crippen LogP contribution in [0.1, 0.15) is 7.43 Å². The number of phenolic OH excluding ortho intramolecular Hbond substituents is 1. The van der Waals surface area contributed by atoms with E-state index >= 15 is 0 Å². The average molecular weight is 357 g/mol. The average Bonchev–Trinajstić information content (AvgIpc) is 2.69. The van der Waals surface area contributed by atoms with E-state index in [-0.39, 0.29) is 18.7 Å². The van der Waals surface area contributed by atoms with Crippen LogP contribution in [-0.2, 0) is 0 Å². The van der Waals surface area contributed by atoms with Gasteiger partial charge in [-0.1, -0.05) is 35.0 Å². The van der Waals surface area contributed by atoms with Crippen LogP contribution in [-0.4, -0.2) is 10.1 Å². The van der Waals surface area contributed by atoms with Gasteiger partial charge in [-0.2, -0.15) is 0 Å². The van der Waals surface area contributed by atoms with E-state index in [4.69, 9.17) is 11.6 Å². The molecule has 0 amide bonds. The van der Waals surface area contributed by atoms with Crippen LogP contribution in [0.2, 0.25) is 5.02 Å². The van der Waals surface area contributed by atoms with Gasteiger partial charge in [-0.3, -0.25) is 0 Å². The summed E-state index contributed by atoms with van der Waals surface area (Å²) in [5, 5.41) is 11.4. The second-order valence-corrected chi connectivity index (χ2v) is 5.55. The highest BCUT2D eigenvalue weighted by molar-refractivity contribution is 9.10. The summed E-state index contributed by atoms with van der Waals surface area (Å²) in [6.07, 6.45) is 0. The van der Waals surface area contributed by atoms with Crippen molar-refractivity contribution in [3.63, 3.8) is 0 Å². The molecule has 0 fully saturated rings. The van der Waals surface area contributed by atoms with Gasteiger partial charge >= 0.3 is 0 Å². The van der Waals surface area contributed by atoms with E-state index in [0.717, 1.165) is 10.9 Å². The molecule has 0 saturated heterocycles. The van der Waals surface area contributed by atoms with Gasteiger partial charge in [0.2, 0.25) is 0 Å². The van der Waals surface area contributed by atoms with Crippen molar-refractivity contribution in [2.75, 3.05) is 0 Å². The second-order valence-electron chi connectivity index (χ2n) is 4.20. The quantitative estimate of drug-likeness (QED) is 0.574. The van der Waals surface area contributed by atoms with Crippen molar-refractivity contribution < 1.29 is 9.50 Å². The number of nitrogens with one attached hydrogen (secondary N) is 1. The van der Waals surface area contributed by atoms with E-state index in [1.165, 1.54) is 12.1 Å². The van der Waals surface area contributed by atoms with Gasteiger partial charge in [0.15, 0.2) is 0 Å². The van der Waals surface area contributed by atoms with E-state index in [1.54, 1.807) is 18.2 Å². The standard InChI is InChI=1S/C14H8BrClFNO.CH4/c15-8-5-10(17)14(13(19)6-8)12-4-7-3-9(16)1-2-11(7)18-12;/h1-6,18-19H;1H4. The van der Waals surface area contributed by atoms with Crippen LogP contribution in [0.15, 0.2) is 40.9 Å². The first-order chi connectivity index (χ1) is 9.04. The summed E-state index contributed by atoms with van der Waals surface area (Å²) in [7, 11) is 0. The lowest BCUT2D eigenvalue weighted by Gasteiger charge is -2.04. The van der Waals surface area contributed by atoms with Gasteiger partial charge in [0, 0.05) is 20.4 Å². The van der Waals surface area contributed by atoms with E-state index in [9.17, 15) is 9.50 Å². The summed E-state index contributed by atoms with van der Waals surface area (Å²) in [5.41, 5.74) is 1.50. The fourth-order valence-electron chi connectivity index (χ4n) is 2.06. The highest BCUT2D eigenvalue weighted by atomic mass is 79.9. The normalized spacial score (nSPS) is 10.6. The van der Waals surface area contributed by atoms with Crippen molar-refractivity contribution in [2.24, 2.45) is 0 Å². The molecule has 0 saturated carbocycles. The maximum atomic E-state index is 14.0. The summed E-state index contributed by atoms with van der Waals surface area (Å²) in [6.45, 7) is 0. The van der Waals surface area contributed by atoms with Crippen molar-refractivity contribution in [1.82, 2.24) is 4.98 Å². The number of halogens is 3. The zero-order valence-electron chi connectivity index (χ0n) is 9.55. The van der Waals surface area contributed by atoms with Crippen molar-refractivity contribution in [3.8, 4) is 17.0 Å². The third kappa shape index (κ3) is 2.53. The minimum atomic E-state index is -0.496. The summed E-state index contributed by atoms with van der Waals surface area (Å²) in [5.74, 6) is -0.617. The molecule has 0 radical (unpaired) electrons. The topological polar surface area (TPSA) is 36.0 Å². The van der Waals surface area contributed by atoms with Crippen LogP contribution in [0.3, 0.4) is 0 Å². The SMILES string of the molecule is C.Oc1cc(Br)cc(F)c1-c1cc2cc(Cl)ccc2[nH]1. The summed E-state index contributed by atoms with van der Waals surface area (Å²) in [6, 6.07) is 9.87. The van der Waals surface area contributed by atoms with Crippen molar-refractivity contribution in [2.45, 2.75) is 7.43 Å². The molecule has 0 aliphatic heterocycles. The Bertz CT molecular complexity index is 762. The zero-order valence-corrected chi connectivity index (χ0v) is 11.9. The Hall–Kier alpha value is -1.52. The molecule has 0 spiro atoms. The Kier molecular flexibility index (Phi) is 4.06. The minimum Gasteiger partial charge on any atom is -0.507 e. The molecule has 0 aliphatic carbocycles. The molecule has 0 aliphatic rings. The van der Waals surface area contributed by atoms with Crippen molar-refractivity contribution >= 4 is 38.4 Å². The molecule has 104 valence electrons. The van der Waals surface area contributed by atoms with Crippen LogP contribution >= 0.6 is 27.5 Å². The first-order valence-electron chi connectivity index (χ1n) is 5.51. The van der Waals surface area contributed by atoms with E-state index in [2.05, 4.69) is 20.9 Å². The van der Waals surface area contributed by atoms with Crippen molar-refractivity contribution in [3.05, 3.63) is 51.7 Å². The molecule has 3 rings (SSSR count). The smallest absolute Gasteiger partial charge is 0.137 e. The van der Waals surface area contributed by atoms with Gasteiger partial charge in [-0.05, 0) is 36.4 Å². The highest BCUT2D eigenvalue weighted by Gasteiger charge is 2.14. The van der Waals surface area contributed by atoms with Gasteiger partial charge in [0.25, 0.3) is 0 Å². The Morgan fingerprint density at radius 2 is 1.90 bits per heavy atom. The summed E-state index contributed by atoms with van der Waals surface area (Å²) >= 11 is 9.05. The molecule has 1 aromatic heterocycles. The molecule has 0 bridgehead atoms. The summed E-state index contributed by atoms with van der Waals surface area (Å²) < 4.78 is 14.5. The van der Waals surface area contributed by atoms with Crippen LogP contribution in [0.25, 0.3) is 22.2 Å². The Morgan fingerprint density at radius 1 is 1.15 bits per heavy atom. The fourth-order valence-corrected chi connectivity index (χ4v) is 2.66. The van der Waals surface area contributed by atoms with E-state index in [0.29, 0.717) is 15.2 Å². The maximum Gasteiger partial charge on any atom is 0.137 e. The molecule has 2 N–H and O–H groups in total. The van der Waals surface area contributed by atoms with Crippen LogP contribution < -0.4 is 0 Å². The molecule has 2 aromatic carbocycles. The molecule has 2 nitrogen and oxygen atoms in total. The number of benzene rings is 2. The number of aromatic amines is 1. The van der Waals surface area contributed by atoms with Crippen molar-refractivity contribution in [1.29, 1.82) is 0 Å². The van der Waals surface area contributed by atoms with Gasteiger partial charge in [0.05, 0.1) is 11.3 Å². The fraction of sp³-hybridized carbons (Fsp3) is 0.0667. The number of hydrogen-bond acceptors (Lipinski definition) is 1. The molecule has 20 heavy (non-hydrogen) atoms.